The highest BCUT2D eigenvalue weighted by Crippen LogP contribution is 2.40. The molecular weight excluding hydrogens is 326 g/mol. The van der Waals surface area contributed by atoms with E-state index in [0.29, 0.717) is 17.4 Å². The molecule has 1 aromatic rings. The molecule has 0 aromatic heterocycles. The normalized spacial score (nSPS) is 14.9. The van der Waals surface area contributed by atoms with Gasteiger partial charge in [0.2, 0.25) is 0 Å². The van der Waals surface area contributed by atoms with Crippen molar-refractivity contribution in [2.24, 2.45) is 11.3 Å². The van der Waals surface area contributed by atoms with E-state index in [1.807, 2.05) is 7.05 Å². The number of methoxy groups -OCH3 is 1. The van der Waals surface area contributed by atoms with Crippen molar-refractivity contribution in [2.75, 3.05) is 14.2 Å². The summed E-state index contributed by atoms with van der Waals surface area (Å²) in [5, 5.41) is 3.49. The summed E-state index contributed by atoms with van der Waals surface area (Å²) < 4.78 is 6.85. The third-order valence-corrected chi connectivity index (χ3v) is 5.50. The summed E-state index contributed by atoms with van der Waals surface area (Å²) in [5.41, 5.74) is 4.02. The summed E-state index contributed by atoms with van der Waals surface area (Å²) in [6.45, 7) is 13.5. The highest BCUT2D eigenvalue weighted by molar-refractivity contribution is 9.10. The molecule has 1 aromatic carbocycles. The summed E-state index contributed by atoms with van der Waals surface area (Å²) >= 11 is 3.68. The number of hydrogen-bond donors (Lipinski definition) is 1. The average Bonchev–Trinajstić information content (AvgIpc) is 2.38. The SMILES string of the molecule is CNC(CC(C)C(C)(C)C)c1c(C)c(Br)cc(C)c1OC. The van der Waals surface area contributed by atoms with E-state index in [4.69, 9.17) is 4.74 Å². The molecule has 0 bridgehead atoms. The number of nitrogens with one attached hydrogen (secondary N) is 1. The fraction of sp³-hybridized carbons (Fsp3) is 0.667. The number of hydrogen-bond acceptors (Lipinski definition) is 2. The summed E-state index contributed by atoms with van der Waals surface area (Å²) in [4.78, 5) is 0. The minimum Gasteiger partial charge on any atom is -0.496 e. The first-order valence-electron chi connectivity index (χ1n) is 7.64. The van der Waals surface area contributed by atoms with Crippen LogP contribution in [0.5, 0.6) is 5.75 Å². The van der Waals surface area contributed by atoms with E-state index in [-0.39, 0.29) is 0 Å². The number of halogens is 1. The number of benzene rings is 1. The first-order valence-corrected chi connectivity index (χ1v) is 8.43. The topological polar surface area (TPSA) is 21.3 Å². The molecule has 0 radical (unpaired) electrons. The van der Waals surface area contributed by atoms with E-state index < -0.39 is 0 Å². The van der Waals surface area contributed by atoms with Crippen molar-refractivity contribution < 1.29 is 4.74 Å². The second-order valence-corrected chi connectivity index (χ2v) is 7.95. The Morgan fingerprint density at radius 3 is 2.29 bits per heavy atom. The first kappa shape index (κ1) is 18.5. The van der Waals surface area contributed by atoms with Gasteiger partial charge >= 0.3 is 0 Å². The zero-order valence-electron chi connectivity index (χ0n) is 14.7. The van der Waals surface area contributed by atoms with Crippen molar-refractivity contribution in [1.29, 1.82) is 0 Å². The van der Waals surface area contributed by atoms with Gasteiger partial charge in [0, 0.05) is 16.1 Å². The summed E-state index contributed by atoms with van der Waals surface area (Å²) in [6, 6.07) is 2.43. The molecule has 0 aliphatic carbocycles. The highest BCUT2D eigenvalue weighted by atomic mass is 79.9. The van der Waals surface area contributed by atoms with Gasteiger partial charge in [-0.3, -0.25) is 0 Å². The Hall–Kier alpha value is -0.540. The van der Waals surface area contributed by atoms with Crippen LogP contribution in [-0.4, -0.2) is 14.2 Å². The largest absolute Gasteiger partial charge is 0.496 e. The Kier molecular flexibility index (Phi) is 6.30. The van der Waals surface area contributed by atoms with E-state index in [9.17, 15) is 0 Å². The van der Waals surface area contributed by atoms with Crippen LogP contribution < -0.4 is 10.1 Å². The van der Waals surface area contributed by atoms with Crippen LogP contribution in [0.15, 0.2) is 10.5 Å². The monoisotopic (exact) mass is 355 g/mol. The Balaban J connectivity index is 3.28. The molecule has 0 aliphatic rings. The van der Waals surface area contributed by atoms with E-state index >= 15 is 0 Å². The Morgan fingerprint density at radius 2 is 1.86 bits per heavy atom. The number of ether oxygens (including phenoxy) is 1. The van der Waals surface area contributed by atoms with Crippen LogP contribution in [0.4, 0.5) is 0 Å². The van der Waals surface area contributed by atoms with Crippen molar-refractivity contribution in [3.05, 3.63) is 27.2 Å². The predicted octanol–water partition coefficient (Wildman–Crippen LogP) is 5.41. The molecule has 0 amide bonds. The third kappa shape index (κ3) is 4.23. The zero-order valence-corrected chi connectivity index (χ0v) is 16.3. The minimum atomic E-state index is 0.297. The Morgan fingerprint density at radius 1 is 1.29 bits per heavy atom. The van der Waals surface area contributed by atoms with Crippen molar-refractivity contribution in [3.63, 3.8) is 0 Å². The number of rotatable bonds is 5. The zero-order chi connectivity index (χ0) is 16.4. The minimum absolute atomic E-state index is 0.297. The molecule has 2 atom stereocenters. The standard InChI is InChI=1S/C18H30BrNO/c1-11-9-14(19)13(3)16(17(11)21-8)15(20-7)10-12(2)18(4,5)6/h9,12,15,20H,10H2,1-8H3. The number of aryl methyl sites for hydroxylation is 1. The Labute approximate surface area is 138 Å². The maximum Gasteiger partial charge on any atom is 0.126 e. The van der Waals surface area contributed by atoms with Gasteiger partial charge in [0.1, 0.15) is 5.75 Å². The lowest BCUT2D eigenvalue weighted by Crippen LogP contribution is -2.26. The van der Waals surface area contributed by atoms with Crippen LogP contribution in [-0.2, 0) is 0 Å². The van der Waals surface area contributed by atoms with Crippen LogP contribution in [0, 0.1) is 25.2 Å². The molecule has 2 nitrogen and oxygen atoms in total. The van der Waals surface area contributed by atoms with E-state index in [2.05, 4.69) is 68.9 Å². The molecule has 0 aliphatic heterocycles. The first-order chi connectivity index (χ1) is 9.63. The van der Waals surface area contributed by atoms with Crippen LogP contribution in [0.1, 0.15) is 56.8 Å². The molecule has 0 heterocycles. The molecule has 0 fully saturated rings. The smallest absolute Gasteiger partial charge is 0.126 e. The summed E-state index contributed by atoms with van der Waals surface area (Å²) in [7, 11) is 3.80. The van der Waals surface area contributed by atoms with Gasteiger partial charge in [0.25, 0.3) is 0 Å². The maximum atomic E-state index is 5.70. The predicted molar refractivity (Wildman–Crippen MR) is 95.2 cm³/mol. The Bertz CT molecular complexity index is 491. The van der Waals surface area contributed by atoms with Gasteiger partial charge in [-0.2, -0.15) is 0 Å². The lowest BCUT2D eigenvalue weighted by atomic mass is 9.77. The molecule has 120 valence electrons. The molecule has 3 heteroatoms. The quantitative estimate of drug-likeness (QED) is 0.762. The van der Waals surface area contributed by atoms with Gasteiger partial charge in [0.15, 0.2) is 0 Å². The third-order valence-electron chi connectivity index (χ3n) is 4.68. The second-order valence-electron chi connectivity index (χ2n) is 7.09. The van der Waals surface area contributed by atoms with Crippen molar-refractivity contribution >= 4 is 15.9 Å². The maximum absolute atomic E-state index is 5.70. The van der Waals surface area contributed by atoms with Crippen molar-refractivity contribution in [1.82, 2.24) is 5.32 Å². The fourth-order valence-electron chi connectivity index (χ4n) is 2.65. The highest BCUT2D eigenvalue weighted by Gasteiger charge is 2.27. The molecule has 2 unspecified atom stereocenters. The summed E-state index contributed by atoms with van der Waals surface area (Å²) in [5.74, 6) is 1.62. The van der Waals surface area contributed by atoms with Crippen molar-refractivity contribution in [3.8, 4) is 5.75 Å². The van der Waals surface area contributed by atoms with E-state index in [1.54, 1.807) is 7.11 Å². The van der Waals surface area contributed by atoms with Crippen LogP contribution in [0.2, 0.25) is 0 Å². The van der Waals surface area contributed by atoms with E-state index in [0.717, 1.165) is 16.6 Å². The van der Waals surface area contributed by atoms with Crippen molar-refractivity contribution in [2.45, 2.75) is 54.0 Å². The van der Waals surface area contributed by atoms with Gasteiger partial charge in [0.05, 0.1) is 7.11 Å². The van der Waals surface area contributed by atoms with Gasteiger partial charge in [-0.1, -0.05) is 43.6 Å². The molecular formula is C18H30BrNO. The second kappa shape index (κ2) is 7.15. The van der Waals surface area contributed by atoms with Crippen LogP contribution in [0.3, 0.4) is 0 Å². The lowest BCUT2D eigenvalue weighted by Gasteiger charge is -2.32. The molecule has 0 spiro atoms. The summed E-state index contributed by atoms with van der Waals surface area (Å²) in [6.07, 6.45) is 1.09. The van der Waals surface area contributed by atoms with Crippen LogP contribution >= 0.6 is 15.9 Å². The van der Waals surface area contributed by atoms with Gasteiger partial charge in [-0.05, 0) is 55.8 Å². The van der Waals surface area contributed by atoms with Gasteiger partial charge in [-0.25, -0.2) is 0 Å². The molecule has 1 rings (SSSR count). The molecule has 0 saturated carbocycles. The lowest BCUT2D eigenvalue weighted by molar-refractivity contribution is 0.224. The molecule has 1 N–H and O–H groups in total. The van der Waals surface area contributed by atoms with Gasteiger partial charge < -0.3 is 10.1 Å². The van der Waals surface area contributed by atoms with E-state index in [1.165, 1.54) is 16.7 Å². The molecule has 0 saturated heterocycles. The van der Waals surface area contributed by atoms with Crippen LogP contribution in [0.25, 0.3) is 0 Å². The average molecular weight is 356 g/mol. The fourth-order valence-corrected chi connectivity index (χ4v) is 3.21. The van der Waals surface area contributed by atoms with Gasteiger partial charge in [-0.15, -0.1) is 0 Å². The molecule has 21 heavy (non-hydrogen) atoms.